The minimum Gasteiger partial charge on any atom is -0.384 e. The van der Waals surface area contributed by atoms with Crippen LogP contribution in [0, 0.1) is 5.82 Å². The summed E-state index contributed by atoms with van der Waals surface area (Å²) in [5.74, 6) is -0.872. The zero-order valence-corrected chi connectivity index (χ0v) is 18.3. The summed E-state index contributed by atoms with van der Waals surface area (Å²) in [6.07, 6.45) is 5.56. The van der Waals surface area contributed by atoms with E-state index in [4.69, 9.17) is 17.3 Å². The molecule has 4 N–H and O–H groups in total. The summed E-state index contributed by atoms with van der Waals surface area (Å²) in [6, 6.07) is 2.50. The Labute approximate surface area is 179 Å². The van der Waals surface area contributed by atoms with Crippen LogP contribution in [0.2, 0.25) is 5.02 Å². The molecule has 1 fully saturated rings. The van der Waals surface area contributed by atoms with Gasteiger partial charge in [0, 0.05) is 30.7 Å². The molecule has 29 heavy (non-hydrogen) atoms. The second kappa shape index (κ2) is 10.0. The number of hydrogen-bond acceptors (Lipinski definition) is 7. The number of nitrogens with two attached hydrogens (primary N) is 1. The van der Waals surface area contributed by atoms with Gasteiger partial charge in [0.15, 0.2) is 5.13 Å². The van der Waals surface area contributed by atoms with Gasteiger partial charge in [-0.1, -0.05) is 11.6 Å². The largest absolute Gasteiger partial charge is 0.384 e. The second-order valence-electron chi connectivity index (χ2n) is 7.04. The highest BCUT2D eigenvalue weighted by molar-refractivity contribution is 7.93. The molecule has 7 nitrogen and oxygen atoms in total. The van der Waals surface area contributed by atoms with Gasteiger partial charge >= 0.3 is 0 Å². The molecule has 0 radical (unpaired) electrons. The minimum atomic E-state index is -4.10. The number of halogens is 2. The van der Waals surface area contributed by atoms with E-state index >= 15 is 0 Å². The van der Waals surface area contributed by atoms with E-state index in [1.165, 1.54) is 6.20 Å². The van der Waals surface area contributed by atoms with Crippen LogP contribution in [0.3, 0.4) is 0 Å². The molecular formula is C18H25ClFN5O2S2. The Morgan fingerprint density at radius 1 is 1.38 bits per heavy atom. The van der Waals surface area contributed by atoms with Crippen molar-refractivity contribution in [2.45, 2.75) is 36.6 Å². The first kappa shape index (κ1) is 22.2. The molecule has 160 valence electrons. The maximum atomic E-state index is 14.5. The van der Waals surface area contributed by atoms with Crippen molar-refractivity contribution >= 4 is 43.8 Å². The lowest BCUT2D eigenvalue weighted by Crippen LogP contribution is -2.43. The average molecular weight is 462 g/mol. The van der Waals surface area contributed by atoms with Gasteiger partial charge in [-0.2, -0.15) is 0 Å². The van der Waals surface area contributed by atoms with E-state index in [0.717, 1.165) is 68.8 Å². The van der Waals surface area contributed by atoms with E-state index in [1.54, 1.807) is 5.38 Å². The van der Waals surface area contributed by atoms with Crippen molar-refractivity contribution in [2.75, 3.05) is 36.2 Å². The van der Waals surface area contributed by atoms with Crippen molar-refractivity contribution in [3.63, 3.8) is 0 Å². The van der Waals surface area contributed by atoms with Crippen molar-refractivity contribution < 1.29 is 12.8 Å². The van der Waals surface area contributed by atoms with Crippen molar-refractivity contribution in [2.24, 2.45) is 5.73 Å². The summed E-state index contributed by atoms with van der Waals surface area (Å²) in [4.78, 5) is 5.70. The summed E-state index contributed by atoms with van der Waals surface area (Å²) in [6.45, 7) is 3.62. The van der Waals surface area contributed by atoms with Crippen molar-refractivity contribution in [1.82, 2.24) is 9.88 Å². The Balaban J connectivity index is 1.52. The van der Waals surface area contributed by atoms with Gasteiger partial charge in [0.05, 0.1) is 10.7 Å². The van der Waals surface area contributed by atoms with E-state index in [0.29, 0.717) is 12.2 Å². The molecule has 2 heterocycles. The average Bonchev–Trinajstić information content (AvgIpc) is 3.16. The van der Waals surface area contributed by atoms with Crippen LogP contribution in [0.15, 0.2) is 28.6 Å². The number of nitrogens with zero attached hydrogens (tertiary/aromatic N) is 2. The van der Waals surface area contributed by atoms with Crippen LogP contribution >= 0.6 is 22.9 Å². The fraction of sp³-hybridized carbons (Fsp3) is 0.500. The van der Waals surface area contributed by atoms with Crippen LogP contribution in [0.1, 0.15) is 25.7 Å². The molecule has 0 saturated carbocycles. The topological polar surface area (TPSA) is 100 Å². The summed E-state index contributed by atoms with van der Waals surface area (Å²) in [7, 11) is -4.10. The second-order valence-corrected chi connectivity index (χ2v) is 9.99. The SMILES string of the molecule is N[C@@H]1CCCN(CCCCNc2cc(F)c(S(=O)(=O)Nc3nccs3)cc2Cl)C1. The lowest BCUT2D eigenvalue weighted by molar-refractivity contribution is 0.206. The Bertz CT molecular complexity index is 911. The number of hydrogen-bond donors (Lipinski definition) is 3. The van der Waals surface area contributed by atoms with Gasteiger partial charge in [0.2, 0.25) is 0 Å². The predicted molar refractivity (Wildman–Crippen MR) is 116 cm³/mol. The van der Waals surface area contributed by atoms with Gasteiger partial charge < -0.3 is 16.0 Å². The highest BCUT2D eigenvalue weighted by Gasteiger charge is 2.22. The molecule has 0 unspecified atom stereocenters. The van der Waals surface area contributed by atoms with Gasteiger partial charge in [0.1, 0.15) is 10.7 Å². The number of benzene rings is 1. The smallest absolute Gasteiger partial charge is 0.266 e. The van der Waals surface area contributed by atoms with Crippen LogP contribution in [0.25, 0.3) is 0 Å². The maximum Gasteiger partial charge on any atom is 0.266 e. The van der Waals surface area contributed by atoms with Gasteiger partial charge in [-0.15, -0.1) is 11.3 Å². The van der Waals surface area contributed by atoms with Crippen LogP contribution in [-0.2, 0) is 10.0 Å². The highest BCUT2D eigenvalue weighted by atomic mass is 35.5. The molecule has 1 aromatic carbocycles. The quantitative estimate of drug-likeness (QED) is 0.495. The van der Waals surface area contributed by atoms with Crippen LogP contribution < -0.4 is 15.8 Å². The van der Waals surface area contributed by atoms with Crippen LogP contribution in [0.4, 0.5) is 15.2 Å². The van der Waals surface area contributed by atoms with Gasteiger partial charge in [0.25, 0.3) is 10.0 Å². The molecule has 1 atom stereocenters. The van der Waals surface area contributed by atoms with E-state index in [1.807, 2.05) is 0 Å². The molecule has 0 bridgehead atoms. The summed E-state index contributed by atoms with van der Waals surface area (Å²) in [5, 5.41) is 5.01. The summed E-state index contributed by atoms with van der Waals surface area (Å²) < 4.78 is 41.5. The molecular weight excluding hydrogens is 437 g/mol. The standard InChI is InChI=1S/C18H25ClFN5O2S2/c19-14-10-17(29(26,27)24-18-23-6-9-28-18)15(20)11-16(14)22-5-1-2-7-25-8-3-4-13(21)12-25/h6,9-11,13,22H,1-5,7-8,12,21H2,(H,23,24)/t13-/m1/s1. The first-order valence-corrected chi connectivity index (χ1v) is 12.2. The Kier molecular flexibility index (Phi) is 7.69. The Morgan fingerprint density at radius 2 is 2.21 bits per heavy atom. The number of thiazole rings is 1. The van der Waals surface area contributed by atoms with Crippen molar-refractivity contribution in [1.29, 1.82) is 0 Å². The van der Waals surface area contributed by atoms with Gasteiger partial charge in [-0.3, -0.25) is 4.72 Å². The number of piperidine rings is 1. The first-order valence-electron chi connectivity index (χ1n) is 9.48. The van der Waals surface area contributed by atoms with Crippen molar-refractivity contribution in [3.05, 3.63) is 34.5 Å². The molecule has 1 aliphatic heterocycles. The number of nitrogens with one attached hydrogen (secondary N) is 2. The summed E-state index contributed by atoms with van der Waals surface area (Å²) in [5.41, 5.74) is 6.36. The molecule has 1 aromatic heterocycles. The highest BCUT2D eigenvalue weighted by Crippen LogP contribution is 2.29. The predicted octanol–water partition coefficient (Wildman–Crippen LogP) is 3.35. The normalized spacial score (nSPS) is 18.0. The molecule has 0 amide bonds. The minimum absolute atomic E-state index is 0.146. The fourth-order valence-electron chi connectivity index (χ4n) is 3.29. The van der Waals surface area contributed by atoms with Crippen LogP contribution in [0.5, 0.6) is 0 Å². The van der Waals surface area contributed by atoms with E-state index in [9.17, 15) is 12.8 Å². The number of likely N-dealkylation sites (tertiary alicyclic amines) is 1. The lowest BCUT2D eigenvalue weighted by atomic mass is 10.1. The third-order valence-corrected chi connectivity index (χ3v) is 7.21. The monoisotopic (exact) mass is 461 g/mol. The third-order valence-electron chi connectivity index (χ3n) is 4.72. The zero-order chi connectivity index (χ0) is 20.9. The number of rotatable bonds is 9. The molecule has 0 aliphatic carbocycles. The number of unbranched alkanes of at least 4 members (excludes halogenated alkanes) is 1. The molecule has 2 aromatic rings. The summed E-state index contributed by atoms with van der Waals surface area (Å²) >= 11 is 7.29. The van der Waals surface area contributed by atoms with Gasteiger partial charge in [-0.05, 0) is 50.9 Å². The zero-order valence-electron chi connectivity index (χ0n) is 15.9. The first-order chi connectivity index (χ1) is 13.8. The van der Waals surface area contributed by atoms with Crippen LogP contribution in [-0.4, -0.2) is 50.5 Å². The Hall–Kier alpha value is -1.46. The molecule has 1 aliphatic rings. The Morgan fingerprint density at radius 3 is 2.93 bits per heavy atom. The fourth-order valence-corrected chi connectivity index (χ4v) is 5.46. The molecule has 3 rings (SSSR count). The maximum absolute atomic E-state index is 14.5. The van der Waals surface area contributed by atoms with E-state index in [-0.39, 0.29) is 16.2 Å². The van der Waals surface area contributed by atoms with Gasteiger partial charge in [-0.25, -0.2) is 17.8 Å². The number of aromatic nitrogens is 1. The molecule has 11 heteroatoms. The lowest BCUT2D eigenvalue weighted by Gasteiger charge is -2.30. The number of sulfonamides is 1. The van der Waals surface area contributed by atoms with E-state index in [2.05, 4.69) is 19.9 Å². The molecule has 1 saturated heterocycles. The van der Waals surface area contributed by atoms with E-state index < -0.39 is 20.7 Å². The van der Waals surface area contributed by atoms with Crippen molar-refractivity contribution in [3.8, 4) is 0 Å². The third kappa shape index (κ3) is 6.26. The molecule has 0 spiro atoms. The number of anilines is 2.